The van der Waals surface area contributed by atoms with Crippen LogP contribution in [0.3, 0.4) is 0 Å². The van der Waals surface area contributed by atoms with Gasteiger partial charge in [0.05, 0.1) is 13.9 Å². The van der Waals surface area contributed by atoms with Gasteiger partial charge in [0.2, 0.25) is 5.88 Å². The molecule has 0 bridgehead atoms. The molecule has 4 heteroatoms. The molecule has 0 N–H and O–H groups in total. The first-order chi connectivity index (χ1) is 6.72. The van der Waals surface area contributed by atoms with Gasteiger partial charge in [0.25, 0.3) is 0 Å². The van der Waals surface area contributed by atoms with Crippen molar-refractivity contribution >= 4 is 23.2 Å². The van der Waals surface area contributed by atoms with Gasteiger partial charge in [-0.05, 0) is 6.04 Å². The monoisotopic (exact) mass is 182 g/mol. The second kappa shape index (κ2) is 3.08. The molecule has 0 aliphatic heterocycles. The van der Waals surface area contributed by atoms with E-state index >= 15 is 0 Å². The van der Waals surface area contributed by atoms with Crippen LogP contribution in [0.2, 0.25) is 10.2 Å². The van der Waals surface area contributed by atoms with E-state index < -0.39 is 19.0 Å². The van der Waals surface area contributed by atoms with Crippen molar-refractivity contribution in [2.75, 3.05) is 7.04 Å². The fourth-order valence-electron chi connectivity index (χ4n) is 0.409. The van der Waals surface area contributed by atoms with Crippen molar-refractivity contribution in [3.8, 4) is 5.88 Å². The predicted octanol–water partition coefficient (Wildman–Crippen LogP) is 2.40. The number of methoxy groups -OCH3 is 1. The Hall–Kier alpha value is -0.470. The van der Waals surface area contributed by atoms with Crippen molar-refractivity contribution in [1.29, 1.82) is 0 Å². The first-order valence-electron chi connectivity index (χ1n) is 4.73. The normalized spacial score (nSPS) is 18.0. The topological polar surface area (TPSA) is 22.1 Å². The number of pyridine rings is 1. The first kappa shape index (κ1) is 3.28. The summed E-state index contributed by atoms with van der Waals surface area (Å²) in [4.78, 5) is 3.44. The minimum atomic E-state index is -2.74. The molecule has 1 aromatic heterocycles. The number of nitrogens with zero attached hydrogens (tertiary/aromatic N) is 1. The summed E-state index contributed by atoms with van der Waals surface area (Å²) in [5.74, 6) is -0.513. The zero-order chi connectivity index (χ0) is 11.8. The van der Waals surface area contributed by atoms with Crippen molar-refractivity contribution in [2.45, 2.75) is 0 Å². The van der Waals surface area contributed by atoms with Crippen LogP contribution in [0, 0.1) is 0 Å². The number of aromatic nitrogens is 1. The lowest BCUT2D eigenvalue weighted by molar-refractivity contribution is 0.398. The van der Waals surface area contributed by atoms with E-state index in [-0.39, 0.29) is 16.2 Å². The summed E-state index contributed by atoms with van der Waals surface area (Å²) in [5.41, 5.74) is 0. The molecule has 1 aromatic rings. The summed E-state index contributed by atoms with van der Waals surface area (Å²) in [6, 6.07) is -0.802. The molecule has 10 heavy (non-hydrogen) atoms. The van der Waals surface area contributed by atoms with E-state index in [1.165, 1.54) is 0 Å². The molecule has 0 fully saturated rings. The fourth-order valence-corrected chi connectivity index (χ4v) is 0.799. The quantitative estimate of drug-likeness (QED) is 0.623. The largest absolute Gasteiger partial charge is 0.481 e. The van der Waals surface area contributed by atoms with E-state index in [1.807, 2.05) is 0 Å². The van der Waals surface area contributed by atoms with Crippen molar-refractivity contribution in [3.63, 3.8) is 0 Å². The van der Waals surface area contributed by atoms with Crippen LogP contribution < -0.4 is 4.74 Å². The third-order valence-electron chi connectivity index (χ3n) is 0.726. The van der Waals surface area contributed by atoms with Crippen LogP contribution in [0.5, 0.6) is 5.88 Å². The molecule has 0 aromatic carbocycles. The summed E-state index contributed by atoms with van der Waals surface area (Å²) in [7, 11) is -2.74. The highest BCUT2D eigenvalue weighted by atomic mass is 35.5. The van der Waals surface area contributed by atoms with E-state index in [0.717, 1.165) is 0 Å². The molecule has 0 aliphatic rings. The van der Waals surface area contributed by atoms with Gasteiger partial charge in [-0.15, -0.1) is 0 Å². The first-order valence-corrected chi connectivity index (χ1v) is 2.99. The van der Waals surface area contributed by atoms with Gasteiger partial charge in [-0.25, -0.2) is 4.98 Å². The number of hydrogen-bond acceptors (Lipinski definition) is 2. The summed E-state index contributed by atoms with van der Waals surface area (Å²) in [6.45, 7) is 0. The second-order valence-electron chi connectivity index (χ2n) is 1.37. The molecule has 0 radical (unpaired) electrons. The Morgan fingerprint density at radius 1 is 1.70 bits per heavy atom. The highest BCUT2D eigenvalue weighted by Crippen LogP contribution is 2.19. The van der Waals surface area contributed by atoms with Crippen molar-refractivity contribution < 1.29 is 11.6 Å². The Balaban J connectivity index is 3.21. The molecule has 2 nitrogen and oxygen atoms in total. The lowest BCUT2D eigenvalue weighted by atomic mass is 10.5. The third-order valence-corrected chi connectivity index (χ3v) is 1.09. The lowest BCUT2D eigenvalue weighted by Gasteiger charge is -1.98. The smallest absolute Gasteiger partial charge is 0.215 e. The van der Waals surface area contributed by atoms with E-state index in [4.69, 9.17) is 30.1 Å². The van der Waals surface area contributed by atoms with Gasteiger partial charge < -0.3 is 4.74 Å². The zero-order valence-electron chi connectivity index (χ0n) is 9.61. The molecular formula is C6H5Cl2NO. The average molecular weight is 183 g/mol. The fraction of sp³-hybridized carbons (Fsp3) is 0.167. The maximum atomic E-state index is 7.36. The van der Waals surface area contributed by atoms with E-state index in [9.17, 15) is 0 Å². The van der Waals surface area contributed by atoms with Gasteiger partial charge >= 0.3 is 0 Å². The molecule has 1 heterocycles. The van der Waals surface area contributed by atoms with Crippen LogP contribution in [0.4, 0.5) is 0 Å². The predicted molar refractivity (Wildman–Crippen MR) is 40.8 cm³/mol. The third kappa shape index (κ3) is 1.75. The van der Waals surface area contributed by atoms with Gasteiger partial charge in [0.1, 0.15) is 5.15 Å². The van der Waals surface area contributed by atoms with Crippen LogP contribution in [-0.2, 0) is 0 Å². The average Bonchev–Trinajstić information content (AvgIpc) is 2.08. The highest BCUT2D eigenvalue weighted by molar-refractivity contribution is 6.34. The number of hydrogen-bond donors (Lipinski definition) is 0. The zero-order valence-corrected chi connectivity index (χ0v) is 6.12. The Bertz CT molecular complexity index is 394. The molecule has 0 atom stereocenters. The van der Waals surface area contributed by atoms with E-state index in [1.54, 1.807) is 0 Å². The van der Waals surface area contributed by atoms with Crippen LogP contribution in [0.15, 0.2) is 12.1 Å². The molecule has 0 saturated carbocycles. The second-order valence-corrected chi connectivity index (χ2v) is 2.11. The van der Waals surface area contributed by atoms with Gasteiger partial charge in [0, 0.05) is 11.1 Å². The summed E-state index contributed by atoms with van der Waals surface area (Å²) < 4.78 is 39.5. The summed E-state index contributed by atoms with van der Waals surface area (Å²) in [6.07, 6.45) is 0. The maximum absolute atomic E-state index is 7.36. The van der Waals surface area contributed by atoms with Gasteiger partial charge in [-0.3, -0.25) is 0 Å². The Labute approximate surface area is 75.8 Å². The summed E-state index contributed by atoms with van der Waals surface area (Å²) >= 11 is 11.0. The molecule has 0 saturated heterocycles. The minimum absolute atomic E-state index is 0.297. The standard InChI is InChI=1S/C6H5Cl2NO/c1-10-6-3-4(7)2-5(8)9-6/h2-3H,1H3/i1D3,2D,3D. The molecular weight excluding hydrogens is 173 g/mol. The SMILES string of the molecule is [2H]c1c(Cl)nc(OC([2H])([2H])[2H])c([2H])c1Cl. The number of ether oxygens (including phenoxy) is 1. The van der Waals surface area contributed by atoms with E-state index in [0.29, 0.717) is 0 Å². The lowest BCUT2D eigenvalue weighted by Crippen LogP contribution is -1.86. The van der Waals surface area contributed by atoms with Crippen molar-refractivity contribution in [2.24, 2.45) is 0 Å². The van der Waals surface area contributed by atoms with Crippen LogP contribution in [0.1, 0.15) is 6.85 Å². The van der Waals surface area contributed by atoms with Gasteiger partial charge in [-0.2, -0.15) is 0 Å². The van der Waals surface area contributed by atoms with Gasteiger partial charge in [0.15, 0.2) is 0 Å². The number of rotatable bonds is 1. The van der Waals surface area contributed by atoms with Crippen LogP contribution >= 0.6 is 23.2 Å². The Morgan fingerprint density at radius 2 is 2.50 bits per heavy atom. The maximum Gasteiger partial charge on any atom is 0.215 e. The van der Waals surface area contributed by atoms with Crippen molar-refractivity contribution in [3.05, 3.63) is 22.3 Å². The Morgan fingerprint density at radius 3 is 3.20 bits per heavy atom. The molecule has 0 amide bonds. The minimum Gasteiger partial charge on any atom is -0.481 e. The van der Waals surface area contributed by atoms with E-state index in [2.05, 4.69) is 9.72 Å². The highest BCUT2D eigenvalue weighted by Gasteiger charge is 1.97. The van der Waals surface area contributed by atoms with Crippen molar-refractivity contribution in [1.82, 2.24) is 4.98 Å². The molecule has 0 unspecified atom stereocenters. The molecule has 54 valence electrons. The number of halogens is 2. The molecule has 0 spiro atoms. The Kier molecular flexibility index (Phi) is 1.01. The van der Waals surface area contributed by atoms with Gasteiger partial charge in [-0.1, -0.05) is 23.2 Å². The van der Waals surface area contributed by atoms with Crippen LogP contribution in [-0.4, -0.2) is 12.0 Å². The molecule has 1 rings (SSSR count). The molecule has 0 aliphatic carbocycles. The van der Waals surface area contributed by atoms with Crippen LogP contribution in [0.25, 0.3) is 0 Å². The summed E-state index contributed by atoms with van der Waals surface area (Å²) in [5, 5.41) is -0.607.